The largest absolute Gasteiger partial charge is 0.410 e. The molecule has 0 saturated carbocycles. The number of hydrogen-bond donors (Lipinski definition) is 1. The number of carbonyl (C=O) groups is 1. The molecule has 0 aliphatic rings. The van der Waals surface area contributed by atoms with Crippen LogP contribution in [0, 0.1) is 0 Å². The van der Waals surface area contributed by atoms with E-state index in [1.54, 1.807) is 28.5 Å². The topological polar surface area (TPSA) is 75.0 Å². The van der Waals surface area contributed by atoms with Crippen LogP contribution in [-0.2, 0) is 11.3 Å². The summed E-state index contributed by atoms with van der Waals surface area (Å²) in [4.78, 5) is 18.4. The number of nitrogens with one attached hydrogen (secondary N) is 1. The van der Waals surface area contributed by atoms with Crippen molar-refractivity contribution in [3.63, 3.8) is 0 Å². The molecule has 1 amide bonds. The maximum Gasteiger partial charge on any atom is 0.277 e. The first-order valence-corrected chi connectivity index (χ1v) is 9.98. The highest BCUT2D eigenvalue weighted by Gasteiger charge is 2.17. The third-order valence-electron chi connectivity index (χ3n) is 3.23. The number of aromatic amines is 1. The predicted octanol–water partition coefficient (Wildman–Crippen LogP) is 4.20. The maximum absolute atomic E-state index is 12.5. The second kappa shape index (κ2) is 8.50. The minimum atomic E-state index is -0.00551. The van der Waals surface area contributed by atoms with E-state index in [1.165, 1.54) is 11.8 Å². The Balaban J connectivity index is 1.58. The lowest BCUT2D eigenvalue weighted by molar-refractivity contribution is -0.128. The highest BCUT2D eigenvalue weighted by Crippen LogP contribution is 2.25. The number of nitrogens with zero attached hydrogens (tertiary/aromatic N) is 3. The van der Waals surface area contributed by atoms with Gasteiger partial charge in [-0.15, -0.1) is 28.1 Å². The molecule has 6 nitrogen and oxygen atoms in total. The molecule has 0 aliphatic heterocycles. The van der Waals surface area contributed by atoms with Gasteiger partial charge in [-0.1, -0.05) is 17.8 Å². The number of amides is 1. The SMILES string of the molecule is C=CCN(Cc1ccc(Br)s1)C(=O)CSc1nnc(-c2ccc[nH]2)o1. The lowest BCUT2D eigenvalue weighted by atomic mass is 10.4. The van der Waals surface area contributed by atoms with Gasteiger partial charge >= 0.3 is 0 Å². The van der Waals surface area contributed by atoms with E-state index in [2.05, 4.69) is 37.7 Å². The quantitative estimate of drug-likeness (QED) is 0.421. The van der Waals surface area contributed by atoms with Gasteiger partial charge in [0.15, 0.2) is 0 Å². The van der Waals surface area contributed by atoms with Crippen LogP contribution in [0.5, 0.6) is 0 Å². The van der Waals surface area contributed by atoms with Gasteiger partial charge in [0.1, 0.15) is 5.69 Å². The van der Waals surface area contributed by atoms with Crippen molar-refractivity contribution in [3.8, 4) is 11.6 Å². The van der Waals surface area contributed by atoms with Gasteiger partial charge in [-0.2, -0.15) is 0 Å². The molecule has 0 saturated heterocycles. The van der Waals surface area contributed by atoms with Crippen molar-refractivity contribution in [2.24, 2.45) is 0 Å². The zero-order valence-corrected chi connectivity index (χ0v) is 16.4. The van der Waals surface area contributed by atoms with E-state index in [0.717, 1.165) is 14.4 Å². The number of carbonyl (C=O) groups excluding carboxylic acids is 1. The van der Waals surface area contributed by atoms with E-state index in [9.17, 15) is 4.79 Å². The molecular weight excluding hydrogens is 424 g/mol. The van der Waals surface area contributed by atoms with Crippen molar-refractivity contribution in [1.82, 2.24) is 20.1 Å². The van der Waals surface area contributed by atoms with E-state index in [1.807, 2.05) is 24.3 Å². The molecule has 9 heteroatoms. The summed E-state index contributed by atoms with van der Waals surface area (Å²) in [5, 5.41) is 8.31. The molecule has 0 aliphatic carbocycles. The van der Waals surface area contributed by atoms with Gasteiger partial charge < -0.3 is 14.3 Å². The normalized spacial score (nSPS) is 10.8. The Morgan fingerprint density at radius 1 is 1.44 bits per heavy atom. The summed E-state index contributed by atoms with van der Waals surface area (Å²) in [5.41, 5.74) is 0.752. The maximum atomic E-state index is 12.5. The molecule has 0 bridgehead atoms. The predicted molar refractivity (Wildman–Crippen MR) is 102 cm³/mol. The fraction of sp³-hybridized carbons (Fsp3) is 0.188. The van der Waals surface area contributed by atoms with Crippen LogP contribution in [0.2, 0.25) is 0 Å². The highest BCUT2D eigenvalue weighted by atomic mass is 79.9. The van der Waals surface area contributed by atoms with Gasteiger partial charge in [0.25, 0.3) is 11.1 Å². The molecule has 0 radical (unpaired) electrons. The van der Waals surface area contributed by atoms with Crippen LogP contribution in [0.4, 0.5) is 0 Å². The van der Waals surface area contributed by atoms with Crippen molar-refractivity contribution in [1.29, 1.82) is 0 Å². The molecule has 3 rings (SSSR count). The van der Waals surface area contributed by atoms with Crippen LogP contribution in [-0.4, -0.2) is 38.3 Å². The Kier molecular flexibility index (Phi) is 6.11. The van der Waals surface area contributed by atoms with Crippen LogP contribution in [0.15, 0.2) is 56.5 Å². The Bertz CT molecular complexity index is 844. The highest BCUT2D eigenvalue weighted by molar-refractivity contribution is 9.11. The molecule has 0 unspecified atom stereocenters. The first kappa shape index (κ1) is 18.0. The minimum Gasteiger partial charge on any atom is -0.410 e. The average molecular weight is 439 g/mol. The fourth-order valence-corrected chi connectivity index (χ4v) is 4.26. The second-order valence-corrected chi connectivity index (χ2v) is 8.49. The van der Waals surface area contributed by atoms with E-state index < -0.39 is 0 Å². The van der Waals surface area contributed by atoms with E-state index in [0.29, 0.717) is 24.2 Å². The molecule has 3 heterocycles. The Labute approximate surface area is 161 Å². The number of thiophene rings is 1. The van der Waals surface area contributed by atoms with Crippen molar-refractivity contribution >= 4 is 44.9 Å². The molecule has 0 spiro atoms. The van der Waals surface area contributed by atoms with Crippen LogP contribution in [0.25, 0.3) is 11.6 Å². The summed E-state index contributed by atoms with van der Waals surface area (Å²) in [6, 6.07) is 7.68. The van der Waals surface area contributed by atoms with Crippen molar-refractivity contribution in [3.05, 3.63) is 51.8 Å². The molecule has 130 valence electrons. The van der Waals surface area contributed by atoms with E-state index in [-0.39, 0.29) is 11.7 Å². The lowest BCUT2D eigenvalue weighted by Gasteiger charge is -2.19. The van der Waals surface area contributed by atoms with Gasteiger partial charge in [0.2, 0.25) is 5.91 Å². The molecule has 0 aromatic carbocycles. The van der Waals surface area contributed by atoms with E-state index in [4.69, 9.17) is 4.42 Å². The Morgan fingerprint density at radius 3 is 3.00 bits per heavy atom. The first-order valence-electron chi connectivity index (χ1n) is 7.38. The number of H-pyrrole nitrogens is 1. The van der Waals surface area contributed by atoms with Gasteiger partial charge in [-0.05, 0) is 40.2 Å². The summed E-state index contributed by atoms with van der Waals surface area (Å²) in [6.07, 6.45) is 3.51. The monoisotopic (exact) mass is 438 g/mol. The standard InChI is InChI=1S/C16H15BrN4O2S2/c1-2-8-21(9-11-5-6-13(17)25-11)14(22)10-24-16-20-19-15(23-16)12-4-3-7-18-12/h2-7,18H,1,8-10H2. The summed E-state index contributed by atoms with van der Waals surface area (Å²) in [7, 11) is 0. The summed E-state index contributed by atoms with van der Waals surface area (Å²) in [6.45, 7) is 4.78. The summed E-state index contributed by atoms with van der Waals surface area (Å²) < 4.78 is 6.60. The van der Waals surface area contributed by atoms with Crippen molar-refractivity contribution in [2.75, 3.05) is 12.3 Å². The molecule has 1 N–H and O–H groups in total. The molecule has 0 fully saturated rings. The van der Waals surface area contributed by atoms with Gasteiger partial charge in [0.05, 0.1) is 16.1 Å². The fourth-order valence-electron chi connectivity index (χ4n) is 2.09. The molecule has 25 heavy (non-hydrogen) atoms. The second-order valence-electron chi connectivity index (χ2n) is 5.01. The first-order chi connectivity index (χ1) is 12.2. The van der Waals surface area contributed by atoms with Gasteiger partial charge in [0, 0.05) is 17.6 Å². The zero-order chi connectivity index (χ0) is 17.6. The third kappa shape index (κ3) is 4.83. The Morgan fingerprint density at radius 2 is 2.32 bits per heavy atom. The number of aromatic nitrogens is 3. The van der Waals surface area contributed by atoms with Crippen molar-refractivity contribution < 1.29 is 9.21 Å². The van der Waals surface area contributed by atoms with Crippen LogP contribution in [0.1, 0.15) is 4.88 Å². The Hall–Kier alpha value is -1.84. The van der Waals surface area contributed by atoms with Crippen LogP contribution >= 0.6 is 39.0 Å². The molecule has 3 aromatic rings. The number of rotatable bonds is 8. The van der Waals surface area contributed by atoms with E-state index >= 15 is 0 Å². The summed E-state index contributed by atoms with van der Waals surface area (Å²) >= 11 is 6.28. The minimum absolute atomic E-state index is 0.00551. The van der Waals surface area contributed by atoms with Crippen LogP contribution in [0.3, 0.4) is 0 Å². The molecule has 3 aromatic heterocycles. The molecular formula is C16H15BrN4O2S2. The smallest absolute Gasteiger partial charge is 0.277 e. The number of thioether (sulfide) groups is 1. The number of halogens is 1. The lowest BCUT2D eigenvalue weighted by Crippen LogP contribution is -2.31. The van der Waals surface area contributed by atoms with Gasteiger partial charge in [-0.25, -0.2) is 0 Å². The van der Waals surface area contributed by atoms with Crippen LogP contribution < -0.4 is 0 Å². The molecule has 0 atom stereocenters. The summed E-state index contributed by atoms with van der Waals surface area (Å²) in [5.74, 6) is 0.632. The third-order valence-corrected chi connectivity index (χ3v) is 5.64. The number of hydrogen-bond acceptors (Lipinski definition) is 6. The zero-order valence-electron chi connectivity index (χ0n) is 13.1. The van der Waals surface area contributed by atoms with Crippen molar-refractivity contribution in [2.45, 2.75) is 11.8 Å². The average Bonchev–Trinajstić information content (AvgIpc) is 3.33. The van der Waals surface area contributed by atoms with Gasteiger partial charge in [-0.3, -0.25) is 4.79 Å².